The molecule has 0 radical (unpaired) electrons. The van der Waals surface area contributed by atoms with E-state index in [4.69, 9.17) is 4.74 Å². The third-order valence-corrected chi connectivity index (χ3v) is 8.24. The van der Waals surface area contributed by atoms with Crippen LogP contribution in [0.25, 0.3) is 0 Å². The van der Waals surface area contributed by atoms with Crippen LogP contribution in [0.4, 0.5) is 0 Å². The molecule has 1 N–H and O–H groups in total. The van der Waals surface area contributed by atoms with Gasteiger partial charge in [-0.2, -0.15) is 0 Å². The molecule has 2 atom stereocenters. The van der Waals surface area contributed by atoms with Gasteiger partial charge in [0.05, 0.1) is 0 Å². The van der Waals surface area contributed by atoms with Gasteiger partial charge in [0.25, 0.3) is 0 Å². The number of aliphatic hydroxyl groups is 1. The molecule has 1 aliphatic heterocycles. The highest BCUT2D eigenvalue weighted by atomic mass is 16.7. The summed E-state index contributed by atoms with van der Waals surface area (Å²) in [5.41, 5.74) is 0. The van der Waals surface area contributed by atoms with Gasteiger partial charge < -0.3 is 9.84 Å². The van der Waals surface area contributed by atoms with E-state index in [0.717, 1.165) is 6.42 Å². The predicted molar refractivity (Wildman–Crippen MR) is 155 cm³/mol. The molecule has 210 valence electrons. The first kappa shape index (κ1) is 32.9. The van der Waals surface area contributed by atoms with E-state index < -0.39 is 5.79 Å². The third kappa shape index (κ3) is 22.8. The fraction of sp³-hybridized carbons (Fsp3) is 1.00. The van der Waals surface area contributed by atoms with Crippen LogP contribution in [0.15, 0.2) is 0 Å². The van der Waals surface area contributed by atoms with Crippen molar-refractivity contribution in [3.05, 3.63) is 0 Å². The molecule has 0 amide bonds. The minimum absolute atomic E-state index is 0.117. The minimum atomic E-state index is -0.800. The Hall–Kier alpha value is -0.0800. The van der Waals surface area contributed by atoms with Gasteiger partial charge in [-0.1, -0.05) is 187 Å². The van der Waals surface area contributed by atoms with E-state index in [1.54, 1.807) is 6.92 Å². The molecule has 1 saturated heterocycles. The molecule has 0 aromatic rings. The SMILES string of the molecule is CCCCCCCCCCCCCCCCCCCCCCCCCCCCCCC1OC1(C)O. The van der Waals surface area contributed by atoms with Crippen LogP contribution in [0.3, 0.4) is 0 Å². The molecule has 0 aromatic heterocycles. The van der Waals surface area contributed by atoms with Gasteiger partial charge in [0.1, 0.15) is 6.10 Å². The Bertz CT molecular complexity index is 419. The highest BCUT2D eigenvalue weighted by molar-refractivity contribution is 4.87. The Kier molecular flexibility index (Phi) is 22.8. The van der Waals surface area contributed by atoms with Crippen molar-refractivity contribution in [2.45, 2.75) is 212 Å². The Labute approximate surface area is 221 Å². The van der Waals surface area contributed by atoms with E-state index >= 15 is 0 Å². The van der Waals surface area contributed by atoms with Crippen molar-refractivity contribution in [2.75, 3.05) is 0 Å². The molecule has 2 heteroatoms. The van der Waals surface area contributed by atoms with Gasteiger partial charge in [-0.3, -0.25) is 0 Å². The molecule has 0 aliphatic carbocycles. The fourth-order valence-electron chi connectivity index (χ4n) is 5.58. The lowest BCUT2D eigenvalue weighted by atomic mass is 10.0. The lowest BCUT2D eigenvalue weighted by molar-refractivity contribution is 0.0549. The van der Waals surface area contributed by atoms with E-state index in [-0.39, 0.29) is 6.10 Å². The summed E-state index contributed by atoms with van der Waals surface area (Å²) in [4.78, 5) is 0. The Morgan fingerprint density at radius 1 is 0.429 bits per heavy atom. The molecule has 0 saturated carbocycles. The third-order valence-electron chi connectivity index (χ3n) is 8.24. The van der Waals surface area contributed by atoms with Gasteiger partial charge in [-0.25, -0.2) is 0 Å². The molecule has 0 bridgehead atoms. The molecule has 0 aromatic carbocycles. The average molecular weight is 495 g/mol. The molecule has 1 fully saturated rings. The second-order valence-electron chi connectivity index (χ2n) is 12.0. The number of hydrogen-bond donors (Lipinski definition) is 1. The molecular formula is C33H66O2. The molecular weight excluding hydrogens is 428 g/mol. The summed E-state index contributed by atoms with van der Waals surface area (Å²) in [5, 5.41) is 9.57. The first-order valence-corrected chi connectivity index (χ1v) is 16.6. The largest absolute Gasteiger partial charge is 0.364 e. The summed E-state index contributed by atoms with van der Waals surface area (Å²) < 4.78 is 5.22. The van der Waals surface area contributed by atoms with Gasteiger partial charge in [-0.15, -0.1) is 0 Å². The molecule has 1 aliphatic rings. The molecule has 1 heterocycles. The summed E-state index contributed by atoms with van der Waals surface area (Å²) in [6.07, 6.45) is 41.5. The maximum absolute atomic E-state index is 9.57. The van der Waals surface area contributed by atoms with Crippen LogP contribution in [0.5, 0.6) is 0 Å². The summed E-state index contributed by atoms with van der Waals surface area (Å²) in [6, 6.07) is 0. The van der Waals surface area contributed by atoms with Gasteiger partial charge in [-0.05, 0) is 13.3 Å². The van der Waals surface area contributed by atoms with Gasteiger partial charge in [0, 0.05) is 0 Å². The Balaban J connectivity index is 1.60. The van der Waals surface area contributed by atoms with Gasteiger partial charge in [0.15, 0.2) is 5.79 Å². The normalized spacial score (nSPS) is 19.5. The number of rotatable bonds is 29. The Morgan fingerprint density at radius 2 is 0.629 bits per heavy atom. The van der Waals surface area contributed by atoms with E-state index in [9.17, 15) is 5.11 Å². The van der Waals surface area contributed by atoms with Gasteiger partial charge >= 0.3 is 0 Å². The smallest absolute Gasteiger partial charge is 0.190 e. The summed E-state index contributed by atoms with van der Waals surface area (Å²) in [7, 11) is 0. The molecule has 2 unspecified atom stereocenters. The van der Waals surface area contributed by atoms with Gasteiger partial charge in [0.2, 0.25) is 0 Å². The quantitative estimate of drug-likeness (QED) is 0.0828. The number of ether oxygens (including phenoxy) is 1. The van der Waals surface area contributed by atoms with E-state index in [1.165, 1.54) is 180 Å². The van der Waals surface area contributed by atoms with Crippen molar-refractivity contribution in [3.63, 3.8) is 0 Å². The second kappa shape index (κ2) is 24.3. The van der Waals surface area contributed by atoms with Crippen LogP contribution < -0.4 is 0 Å². The lowest BCUT2D eigenvalue weighted by Gasteiger charge is -2.04. The summed E-state index contributed by atoms with van der Waals surface area (Å²) in [5.74, 6) is -0.800. The molecule has 35 heavy (non-hydrogen) atoms. The van der Waals surface area contributed by atoms with Crippen molar-refractivity contribution in [1.82, 2.24) is 0 Å². The van der Waals surface area contributed by atoms with E-state index in [2.05, 4.69) is 6.92 Å². The lowest BCUT2D eigenvalue weighted by Crippen LogP contribution is -2.06. The van der Waals surface area contributed by atoms with Crippen LogP contribution >= 0.6 is 0 Å². The number of epoxide rings is 1. The first-order valence-electron chi connectivity index (χ1n) is 16.6. The van der Waals surface area contributed by atoms with Crippen molar-refractivity contribution in [2.24, 2.45) is 0 Å². The van der Waals surface area contributed by atoms with E-state index in [0.29, 0.717) is 0 Å². The molecule has 1 rings (SSSR count). The number of unbranched alkanes of at least 4 members (excludes halogenated alkanes) is 27. The topological polar surface area (TPSA) is 32.8 Å². The van der Waals surface area contributed by atoms with Crippen molar-refractivity contribution in [1.29, 1.82) is 0 Å². The summed E-state index contributed by atoms with van der Waals surface area (Å²) in [6.45, 7) is 4.08. The zero-order valence-electron chi connectivity index (χ0n) is 24.4. The van der Waals surface area contributed by atoms with Crippen molar-refractivity contribution >= 4 is 0 Å². The van der Waals surface area contributed by atoms with Crippen LogP contribution in [0.2, 0.25) is 0 Å². The van der Waals surface area contributed by atoms with Crippen LogP contribution in [0, 0.1) is 0 Å². The van der Waals surface area contributed by atoms with Crippen molar-refractivity contribution in [3.8, 4) is 0 Å². The fourth-order valence-corrected chi connectivity index (χ4v) is 5.58. The molecule has 0 spiro atoms. The molecule has 2 nitrogen and oxygen atoms in total. The highest BCUT2D eigenvalue weighted by Gasteiger charge is 2.49. The minimum Gasteiger partial charge on any atom is -0.364 e. The van der Waals surface area contributed by atoms with Crippen LogP contribution in [-0.2, 0) is 4.74 Å². The zero-order valence-corrected chi connectivity index (χ0v) is 24.4. The monoisotopic (exact) mass is 495 g/mol. The van der Waals surface area contributed by atoms with Crippen LogP contribution in [0.1, 0.15) is 200 Å². The first-order chi connectivity index (χ1) is 17.2. The maximum Gasteiger partial charge on any atom is 0.190 e. The zero-order chi connectivity index (χ0) is 25.3. The summed E-state index contributed by atoms with van der Waals surface area (Å²) >= 11 is 0. The second-order valence-corrected chi connectivity index (χ2v) is 12.0. The Morgan fingerprint density at radius 3 is 0.829 bits per heavy atom. The van der Waals surface area contributed by atoms with Crippen LogP contribution in [-0.4, -0.2) is 17.0 Å². The maximum atomic E-state index is 9.57. The highest BCUT2D eigenvalue weighted by Crippen LogP contribution is 2.36. The average Bonchev–Trinajstić information content (AvgIpc) is 3.46. The van der Waals surface area contributed by atoms with Crippen molar-refractivity contribution < 1.29 is 9.84 Å². The van der Waals surface area contributed by atoms with E-state index in [1.807, 2.05) is 0 Å². The standard InChI is InChI=1S/C33H66O2/c1-3-4-5-6-7-8-9-10-11-12-13-14-15-16-17-18-19-20-21-22-23-24-25-26-27-28-29-30-31-32-33(2,34)35-32/h32,34H,3-31H2,1-2H3. The number of hydrogen-bond acceptors (Lipinski definition) is 2. The predicted octanol–water partition coefficient (Wildman–Crippen LogP) is 11.4.